The molecule has 1 aliphatic rings. The van der Waals surface area contributed by atoms with Crippen LogP contribution in [0.2, 0.25) is 0 Å². The van der Waals surface area contributed by atoms with Gasteiger partial charge in [0.25, 0.3) is 0 Å². The van der Waals surface area contributed by atoms with Gasteiger partial charge < -0.3 is 5.73 Å². The zero-order chi connectivity index (χ0) is 10.1. The number of hydrogen-bond acceptors (Lipinski definition) is 1. The molecule has 2 N–H and O–H groups in total. The Bertz CT molecular complexity index is 321. The van der Waals surface area contributed by atoms with Gasteiger partial charge in [-0.1, -0.05) is 28.4 Å². The Kier molecular flexibility index (Phi) is 4.56. The van der Waals surface area contributed by atoms with Gasteiger partial charge in [0, 0.05) is 16.1 Å². The third-order valence-electron chi connectivity index (χ3n) is 2.99. The van der Waals surface area contributed by atoms with Crippen LogP contribution in [0.15, 0.2) is 22.7 Å². The lowest BCUT2D eigenvalue weighted by atomic mass is 9.77. The van der Waals surface area contributed by atoms with Crippen LogP contribution in [-0.4, -0.2) is 0 Å². The summed E-state index contributed by atoms with van der Waals surface area (Å²) in [6.45, 7) is 0. The summed E-state index contributed by atoms with van der Waals surface area (Å²) < 4.78 is 14.3. The molecule has 0 aliphatic heterocycles. The molecule has 0 aromatic heterocycles. The topological polar surface area (TPSA) is 26.0 Å². The summed E-state index contributed by atoms with van der Waals surface area (Å²) in [6.07, 6.45) is 3.48. The maximum absolute atomic E-state index is 13.5. The predicted octanol–water partition coefficient (Wildman–Crippen LogP) is 3.81. The fourth-order valence-corrected chi connectivity index (χ4v) is 2.47. The van der Waals surface area contributed by atoms with Crippen molar-refractivity contribution in [2.24, 2.45) is 11.7 Å². The van der Waals surface area contributed by atoms with Gasteiger partial charge in [-0.3, -0.25) is 0 Å². The molecular weight excluding hydrogens is 280 g/mol. The Morgan fingerprint density at radius 2 is 2.07 bits per heavy atom. The summed E-state index contributed by atoms with van der Waals surface area (Å²) in [6, 6.07) is 4.85. The summed E-state index contributed by atoms with van der Waals surface area (Å²) in [5, 5.41) is 0. The molecule has 1 saturated carbocycles. The van der Waals surface area contributed by atoms with E-state index in [-0.39, 0.29) is 24.3 Å². The molecule has 1 aromatic rings. The fourth-order valence-electron chi connectivity index (χ4n) is 1.86. The smallest absolute Gasteiger partial charge is 0.129 e. The summed E-state index contributed by atoms with van der Waals surface area (Å²) >= 11 is 3.35. The fraction of sp³-hybridized carbons (Fsp3) is 0.455. The first kappa shape index (κ1) is 12.9. The molecule has 84 valence electrons. The lowest BCUT2D eigenvalue weighted by Crippen LogP contribution is -2.27. The number of hydrogen-bond donors (Lipinski definition) is 1. The zero-order valence-electron chi connectivity index (χ0n) is 8.25. The van der Waals surface area contributed by atoms with Gasteiger partial charge in [0.2, 0.25) is 0 Å². The second-order valence-electron chi connectivity index (χ2n) is 3.85. The van der Waals surface area contributed by atoms with Crippen LogP contribution < -0.4 is 5.73 Å². The Morgan fingerprint density at radius 3 is 2.53 bits per heavy atom. The Morgan fingerprint density at radius 1 is 1.40 bits per heavy atom. The van der Waals surface area contributed by atoms with Crippen molar-refractivity contribution in [1.82, 2.24) is 0 Å². The molecule has 1 nitrogen and oxygen atoms in total. The molecule has 4 heteroatoms. The highest BCUT2D eigenvalue weighted by molar-refractivity contribution is 9.10. The van der Waals surface area contributed by atoms with Crippen LogP contribution in [0.4, 0.5) is 4.39 Å². The van der Waals surface area contributed by atoms with Gasteiger partial charge in [-0.2, -0.15) is 0 Å². The molecule has 2 rings (SSSR count). The minimum atomic E-state index is -0.196. The maximum Gasteiger partial charge on any atom is 0.129 e. The van der Waals surface area contributed by atoms with Crippen LogP contribution in [0.3, 0.4) is 0 Å². The molecule has 0 spiro atoms. The van der Waals surface area contributed by atoms with E-state index in [9.17, 15) is 4.39 Å². The van der Waals surface area contributed by atoms with E-state index in [2.05, 4.69) is 15.9 Å². The van der Waals surface area contributed by atoms with E-state index in [1.165, 1.54) is 12.5 Å². The zero-order valence-corrected chi connectivity index (χ0v) is 10.7. The number of nitrogens with two attached hydrogens (primary N) is 1. The van der Waals surface area contributed by atoms with Crippen LogP contribution in [0.5, 0.6) is 0 Å². The molecular formula is C11H14BrClFN. The average molecular weight is 295 g/mol. The number of halogens is 3. The first-order valence-electron chi connectivity index (χ1n) is 4.89. The standard InChI is InChI=1S/C11H13BrFN.ClH/c12-8-5-2-6-9(13)10(8)11(14)7-3-1-4-7;/h2,5-7,11H,1,3-4,14H2;1H/t11-;/m0./s1. The predicted molar refractivity (Wildman–Crippen MR) is 65.6 cm³/mol. The van der Waals surface area contributed by atoms with Crippen molar-refractivity contribution in [2.45, 2.75) is 25.3 Å². The highest BCUT2D eigenvalue weighted by atomic mass is 79.9. The SMILES string of the molecule is Cl.N[C@H](c1c(F)cccc1Br)C1CCC1. The van der Waals surface area contributed by atoms with Crippen molar-refractivity contribution < 1.29 is 4.39 Å². The largest absolute Gasteiger partial charge is 0.324 e. The highest BCUT2D eigenvalue weighted by Gasteiger charge is 2.28. The Balaban J connectivity index is 0.00000112. The van der Waals surface area contributed by atoms with Crippen LogP contribution in [0.25, 0.3) is 0 Å². The molecule has 0 heterocycles. The normalized spacial score (nSPS) is 17.8. The second-order valence-corrected chi connectivity index (χ2v) is 4.71. The molecule has 0 amide bonds. The van der Waals surface area contributed by atoms with Crippen LogP contribution >= 0.6 is 28.3 Å². The summed E-state index contributed by atoms with van der Waals surface area (Å²) in [7, 11) is 0. The van der Waals surface area contributed by atoms with Crippen LogP contribution in [0.1, 0.15) is 30.9 Å². The molecule has 1 atom stereocenters. The molecule has 1 aliphatic carbocycles. The van der Waals surface area contributed by atoms with Crippen molar-refractivity contribution in [3.63, 3.8) is 0 Å². The van der Waals surface area contributed by atoms with Gasteiger partial charge in [-0.15, -0.1) is 12.4 Å². The third-order valence-corrected chi connectivity index (χ3v) is 3.68. The molecule has 0 unspecified atom stereocenters. The average Bonchev–Trinajstić information content (AvgIpc) is 2.00. The van der Waals surface area contributed by atoms with Crippen molar-refractivity contribution in [3.8, 4) is 0 Å². The van der Waals surface area contributed by atoms with Gasteiger partial charge in [0.15, 0.2) is 0 Å². The molecule has 0 bridgehead atoms. The van der Waals surface area contributed by atoms with Crippen molar-refractivity contribution in [1.29, 1.82) is 0 Å². The molecule has 0 saturated heterocycles. The van der Waals surface area contributed by atoms with Crippen LogP contribution in [0, 0.1) is 11.7 Å². The minimum Gasteiger partial charge on any atom is -0.324 e. The highest BCUT2D eigenvalue weighted by Crippen LogP contribution is 2.39. The van der Waals surface area contributed by atoms with E-state index in [1.807, 2.05) is 6.07 Å². The van der Waals surface area contributed by atoms with E-state index < -0.39 is 0 Å². The number of benzene rings is 1. The lowest BCUT2D eigenvalue weighted by molar-refractivity contribution is 0.260. The van der Waals surface area contributed by atoms with Gasteiger partial charge >= 0.3 is 0 Å². The molecule has 15 heavy (non-hydrogen) atoms. The minimum absolute atomic E-state index is 0. The maximum atomic E-state index is 13.5. The van der Waals surface area contributed by atoms with E-state index in [0.717, 1.165) is 17.3 Å². The van der Waals surface area contributed by atoms with E-state index >= 15 is 0 Å². The molecule has 1 aromatic carbocycles. The van der Waals surface area contributed by atoms with E-state index in [1.54, 1.807) is 6.07 Å². The first-order valence-corrected chi connectivity index (χ1v) is 5.69. The van der Waals surface area contributed by atoms with Gasteiger partial charge in [-0.25, -0.2) is 4.39 Å². The van der Waals surface area contributed by atoms with Crippen LogP contribution in [-0.2, 0) is 0 Å². The molecule has 1 fully saturated rings. The Hall–Kier alpha value is -0.120. The first-order chi connectivity index (χ1) is 6.70. The second kappa shape index (κ2) is 5.28. The van der Waals surface area contributed by atoms with Gasteiger partial charge in [0.05, 0.1) is 0 Å². The summed E-state index contributed by atoms with van der Waals surface area (Å²) in [5.41, 5.74) is 6.67. The van der Waals surface area contributed by atoms with E-state index in [0.29, 0.717) is 11.5 Å². The quantitative estimate of drug-likeness (QED) is 0.882. The van der Waals surface area contributed by atoms with E-state index in [4.69, 9.17) is 5.73 Å². The monoisotopic (exact) mass is 293 g/mol. The summed E-state index contributed by atoms with van der Waals surface area (Å²) in [4.78, 5) is 0. The lowest BCUT2D eigenvalue weighted by Gasteiger charge is -2.32. The van der Waals surface area contributed by atoms with Gasteiger partial charge in [0.1, 0.15) is 5.82 Å². The summed E-state index contributed by atoms with van der Waals surface area (Å²) in [5.74, 6) is 0.266. The van der Waals surface area contributed by atoms with Crippen molar-refractivity contribution >= 4 is 28.3 Å². The van der Waals surface area contributed by atoms with Crippen molar-refractivity contribution in [2.75, 3.05) is 0 Å². The van der Waals surface area contributed by atoms with Crippen molar-refractivity contribution in [3.05, 3.63) is 34.1 Å². The molecule has 0 radical (unpaired) electrons. The number of rotatable bonds is 2. The van der Waals surface area contributed by atoms with Gasteiger partial charge in [-0.05, 0) is 30.9 Å². The third kappa shape index (κ3) is 2.52. The Labute approximate surface area is 104 Å².